The molecule has 10 N–H and O–H groups in total. The fraction of sp³-hybridized carbons (Fsp3) is 0.100. The first-order valence-electron chi connectivity index (χ1n) is 8.14. The third kappa shape index (κ3) is 7.48. The normalized spacial score (nSPS) is 9.10. The van der Waals surface area contributed by atoms with Crippen LogP contribution in [0.15, 0.2) is 45.3 Å². The number of aromatic nitrogens is 1. The van der Waals surface area contributed by atoms with Gasteiger partial charge in [0.1, 0.15) is 5.69 Å². The number of anilines is 2. The quantitative estimate of drug-likeness (QED) is 0.149. The number of hydrogen-bond acceptors (Lipinski definition) is 5. The number of nitrogen functional groups attached to an aromatic ring is 1. The Morgan fingerprint density at radius 2 is 1.71 bits per heavy atom. The zero-order valence-electron chi connectivity index (χ0n) is 17.1. The van der Waals surface area contributed by atoms with E-state index in [9.17, 15) is 9.59 Å². The molecule has 0 unspecified atom stereocenters. The largest absolute Gasteiger partial charge is 1.00 e. The molecule has 160 valence electrons. The molecule has 0 bridgehead atoms. The Balaban J connectivity index is 0. The number of benzene rings is 2. The van der Waals surface area contributed by atoms with Crippen LogP contribution in [-0.4, -0.2) is 23.3 Å². The first-order chi connectivity index (χ1) is 13.8. The Morgan fingerprint density at radius 1 is 1.10 bits per heavy atom. The molecule has 1 aromatic heterocycles. The van der Waals surface area contributed by atoms with E-state index in [1.807, 2.05) is 30.3 Å². The fourth-order valence-corrected chi connectivity index (χ4v) is 3.43. The molecular formula is C20H23Br2N6NaO2. The maximum atomic E-state index is 11.0. The Morgan fingerprint density at radius 3 is 2.26 bits per heavy atom. The second kappa shape index (κ2) is 13.3. The molecular weight excluding hydrogens is 539 g/mol. The number of nitrogens with one attached hydrogen (secondary N) is 2. The SMILES string of the molecule is C.NC#Cc1cccc(Br)c1NCC(N)=O.NC(=O)c1[nH]c2c(Br)cccc2c1N.[H-].[Na+]. The number of hydrogen-bond donors (Lipinski definition) is 6. The van der Waals surface area contributed by atoms with E-state index in [-0.39, 0.29) is 50.6 Å². The van der Waals surface area contributed by atoms with Gasteiger partial charge in [-0.2, -0.15) is 0 Å². The van der Waals surface area contributed by atoms with Crippen molar-refractivity contribution in [1.82, 2.24) is 4.98 Å². The topological polar surface area (TPSA) is 166 Å². The maximum Gasteiger partial charge on any atom is 1.00 e. The number of para-hydroxylation sites is 2. The summed E-state index contributed by atoms with van der Waals surface area (Å²) in [5.41, 5.74) is 24.0. The Bertz CT molecular complexity index is 1140. The summed E-state index contributed by atoms with van der Waals surface area (Å²) in [4.78, 5) is 24.5. The van der Waals surface area contributed by atoms with Gasteiger partial charge in [-0.25, -0.2) is 0 Å². The summed E-state index contributed by atoms with van der Waals surface area (Å²) in [5.74, 6) is 1.74. The molecule has 0 saturated heterocycles. The molecule has 3 rings (SSSR count). The van der Waals surface area contributed by atoms with E-state index in [0.29, 0.717) is 16.9 Å². The van der Waals surface area contributed by atoms with Crippen molar-refractivity contribution in [2.75, 3.05) is 17.6 Å². The first kappa shape index (κ1) is 28.8. The van der Waals surface area contributed by atoms with Gasteiger partial charge in [0, 0.05) is 20.4 Å². The number of amides is 2. The van der Waals surface area contributed by atoms with Gasteiger partial charge in [0.2, 0.25) is 5.91 Å². The van der Waals surface area contributed by atoms with E-state index in [1.54, 1.807) is 6.07 Å². The van der Waals surface area contributed by atoms with Crippen molar-refractivity contribution in [3.63, 3.8) is 0 Å². The number of carbonyl (C=O) groups is 2. The number of fused-ring (bicyclic) bond motifs is 1. The van der Waals surface area contributed by atoms with Crippen molar-refractivity contribution < 1.29 is 40.6 Å². The summed E-state index contributed by atoms with van der Waals surface area (Å²) >= 11 is 6.70. The van der Waals surface area contributed by atoms with Crippen LogP contribution in [0.4, 0.5) is 11.4 Å². The summed E-state index contributed by atoms with van der Waals surface area (Å²) in [6.45, 7) is 0.0574. The van der Waals surface area contributed by atoms with Crippen molar-refractivity contribution >= 4 is 66.0 Å². The number of nitrogens with two attached hydrogens (primary N) is 4. The van der Waals surface area contributed by atoms with E-state index in [0.717, 1.165) is 19.8 Å². The van der Waals surface area contributed by atoms with Crippen LogP contribution >= 0.6 is 31.9 Å². The van der Waals surface area contributed by atoms with Crippen LogP contribution < -0.4 is 57.8 Å². The van der Waals surface area contributed by atoms with Crippen LogP contribution in [0.25, 0.3) is 10.9 Å². The Labute approximate surface area is 220 Å². The molecule has 11 heteroatoms. The molecule has 2 amide bonds. The Hall–Kier alpha value is -2.16. The Kier molecular flexibility index (Phi) is 12.4. The zero-order valence-corrected chi connectivity index (χ0v) is 21.2. The van der Waals surface area contributed by atoms with Crippen LogP contribution in [-0.2, 0) is 4.79 Å². The molecule has 0 aliphatic carbocycles. The van der Waals surface area contributed by atoms with Crippen molar-refractivity contribution in [2.24, 2.45) is 17.2 Å². The summed E-state index contributed by atoms with van der Waals surface area (Å²) in [6.07, 6.45) is 0. The van der Waals surface area contributed by atoms with Crippen LogP contribution in [0.1, 0.15) is 24.9 Å². The van der Waals surface area contributed by atoms with Crippen LogP contribution in [0.2, 0.25) is 0 Å². The summed E-state index contributed by atoms with van der Waals surface area (Å²) < 4.78 is 1.67. The maximum absolute atomic E-state index is 11.0. The molecule has 0 radical (unpaired) electrons. The minimum Gasteiger partial charge on any atom is -1.00 e. The van der Waals surface area contributed by atoms with Crippen molar-refractivity contribution in [3.05, 3.63) is 56.6 Å². The van der Waals surface area contributed by atoms with E-state index in [4.69, 9.17) is 22.9 Å². The second-order valence-electron chi connectivity index (χ2n) is 5.69. The fourth-order valence-electron chi connectivity index (χ4n) is 2.46. The first-order valence-corrected chi connectivity index (χ1v) is 9.72. The average molecular weight is 562 g/mol. The summed E-state index contributed by atoms with van der Waals surface area (Å²) in [6, 6.07) is 13.3. The molecule has 2 aromatic carbocycles. The molecule has 0 aliphatic heterocycles. The smallest absolute Gasteiger partial charge is 1.00 e. The van der Waals surface area contributed by atoms with E-state index >= 15 is 0 Å². The van der Waals surface area contributed by atoms with E-state index < -0.39 is 11.8 Å². The monoisotopic (exact) mass is 560 g/mol. The van der Waals surface area contributed by atoms with Crippen LogP contribution in [0.5, 0.6) is 0 Å². The van der Waals surface area contributed by atoms with Gasteiger partial charge in [-0.3, -0.25) is 9.59 Å². The third-order valence-electron chi connectivity index (χ3n) is 3.73. The number of carbonyl (C=O) groups excluding carboxylic acids is 2. The van der Waals surface area contributed by atoms with Crippen LogP contribution in [0, 0.1) is 12.0 Å². The van der Waals surface area contributed by atoms with Gasteiger partial charge in [-0.1, -0.05) is 25.6 Å². The number of primary amides is 2. The molecule has 1 heterocycles. The van der Waals surface area contributed by atoms with Gasteiger partial charge in [-0.15, -0.1) is 0 Å². The second-order valence-corrected chi connectivity index (χ2v) is 7.40. The molecule has 0 spiro atoms. The molecule has 3 aromatic rings. The molecule has 0 aliphatic rings. The molecule has 31 heavy (non-hydrogen) atoms. The number of H-pyrrole nitrogens is 1. The van der Waals surface area contributed by atoms with Gasteiger partial charge >= 0.3 is 29.6 Å². The number of aromatic amines is 1. The standard InChI is InChI=1S/C10H10BrN3O.C9H8BrN3O.CH4.Na.H/c11-8-3-1-2-7(4-5-12)10(8)14-6-9(13)15;10-5-3-1-2-4-6(11)8(9(12)14)13-7(4)5;;;/h1-3,14H,6,12H2,(H2,13,15);1-3,13H,11H2,(H2,12,14);1H4;;/q;;;+1;-1. The van der Waals surface area contributed by atoms with Crippen LogP contribution in [0.3, 0.4) is 0 Å². The number of halogens is 2. The molecule has 8 nitrogen and oxygen atoms in total. The molecule has 0 fully saturated rings. The predicted molar refractivity (Wildman–Crippen MR) is 130 cm³/mol. The van der Waals surface area contributed by atoms with E-state index in [1.165, 1.54) is 0 Å². The minimum absolute atomic E-state index is 0. The van der Waals surface area contributed by atoms with Gasteiger partial charge in [-0.05, 0) is 56.0 Å². The summed E-state index contributed by atoms with van der Waals surface area (Å²) in [7, 11) is 0. The van der Waals surface area contributed by atoms with Crippen molar-refractivity contribution in [2.45, 2.75) is 7.43 Å². The third-order valence-corrected chi connectivity index (χ3v) is 5.05. The summed E-state index contributed by atoms with van der Waals surface area (Å²) in [5, 5.41) is 3.69. The molecule has 0 saturated carbocycles. The van der Waals surface area contributed by atoms with Gasteiger partial charge in [0.15, 0.2) is 0 Å². The van der Waals surface area contributed by atoms with Crippen molar-refractivity contribution in [3.8, 4) is 12.0 Å². The molecule has 0 atom stereocenters. The van der Waals surface area contributed by atoms with Gasteiger partial charge in [0.25, 0.3) is 5.91 Å². The van der Waals surface area contributed by atoms with E-state index in [2.05, 4.69) is 54.1 Å². The van der Waals surface area contributed by atoms with Gasteiger partial charge < -0.3 is 34.7 Å². The van der Waals surface area contributed by atoms with Gasteiger partial charge in [0.05, 0.1) is 29.0 Å². The zero-order chi connectivity index (χ0) is 21.6. The average Bonchev–Trinajstić information content (AvgIpc) is 3.00. The number of rotatable bonds is 4. The van der Waals surface area contributed by atoms with Crippen molar-refractivity contribution in [1.29, 1.82) is 0 Å². The minimum atomic E-state index is -0.550. The predicted octanol–water partition coefficient (Wildman–Crippen LogP) is -0.0219.